The first-order valence-corrected chi connectivity index (χ1v) is 9.00. The predicted octanol–water partition coefficient (Wildman–Crippen LogP) is 3.65. The zero-order chi connectivity index (χ0) is 18.9. The largest absolute Gasteiger partial charge is 0.489 e. The van der Waals surface area contributed by atoms with E-state index in [1.54, 1.807) is 13.1 Å². The van der Waals surface area contributed by atoms with Crippen LogP contribution in [0, 0.1) is 0 Å². The average Bonchev–Trinajstić information content (AvgIpc) is 3.12. The summed E-state index contributed by atoms with van der Waals surface area (Å²) >= 11 is 0. The third-order valence-electron chi connectivity index (χ3n) is 4.09. The van der Waals surface area contributed by atoms with Gasteiger partial charge in [-0.3, -0.25) is 4.99 Å². The van der Waals surface area contributed by atoms with Crippen LogP contribution in [0.2, 0.25) is 0 Å². The van der Waals surface area contributed by atoms with Crippen LogP contribution >= 0.6 is 24.0 Å². The van der Waals surface area contributed by atoms with Gasteiger partial charge in [-0.15, -0.1) is 24.0 Å². The molecular weight excluding hydrogens is 465 g/mol. The molecule has 0 radical (unpaired) electrons. The standard InChI is InChI=1S/C21H25N5O.HI/c1-3-14-27-19-11-7-4-8-16(19)15-24-21(22-2)23-13-12-20-25-17-9-5-6-10-18(17)26-20;/h3-11H,1,12-15H2,2H3,(H,25,26)(H2,22,23,24);1H. The van der Waals surface area contributed by atoms with Gasteiger partial charge in [0, 0.05) is 32.1 Å². The first kappa shape index (κ1) is 21.7. The van der Waals surface area contributed by atoms with Gasteiger partial charge in [0.1, 0.15) is 18.2 Å². The van der Waals surface area contributed by atoms with Gasteiger partial charge in [0.25, 0.3) is 0 Å². The first-order chi connectivity index (χ1) is 13.3. The highest BCUT2D eigenvalue weighted by atomic mass is 127. The summed E-state index contributed by atoms with van der Waals surface area (Å²) in [6.45, 7) is 5.53. The van der Waals surface area contributed by atoms with Crippen molar-refractivity contribution >= 4 is 41.0 Å². The number of hydrogen-bond acceptors (Lipinski definition) is 3. The number of nitrogens with one attached hydrogen (secondary N) is 3. The topological polar surface area (TPSA) is 74.3 Å². The van der Waals surface area contributed by atoms with Crippen LogP contribution in [0.1, 0.15) is 11.4 Å². The Morgan fingerprint density at radius 3 is 2.75 bits per heavy atom. The van der Waals surface area contributed by atoms with Crippen LogP contribution < -0.4 is 15.4 Å². The molecule has 28 heavy (non-hydrogen) atoms. The number of nitrogens with zero attached hydrogens (tertiary/aromatic N) is 2. The van der Waals surface area contributed by atoms with Gasteiger partial charge in [-0.2, -0.15) is 0 Å². The van der Waals surface area contributed by atoms with E-state index >= 15 is 0 Å². The van der Waals surface area contributed by atoms with Gasteiger partial charge < -0.3 is 20.4 Å². The second-order valence-electron chi connectivity index (χ2n) is 6.01. The second-order valence-corrected chi connectivity index (χ2v) is 6.01. The molecule has 0 spiro atoms. The SMILES string of the molecule is C=CCOc1ccccc1CNC(=NC)NCCc1nc2ccccc2[nH]1.I. The number of guanidine groups is 1. The maximum Gasteiger partial charge on any atom is 0.191 e. The van der Waals surface area contributed by atoms with Crippen LogP contribution in [-0.2, 0) is 13.0 Å². The van der Waals surface area contributed by atoms with Crippen molar-refractivity contribution in [2.75, 3.05) is 20.2 Å². The van der Waals surface area contributed by atoms with E-state index in [1.165, 1.54) is 0 Å². The van der Waals surface area contributed by atoms with Gasteiger partial charge in [0.15, 0.2) is 5.96 Å². The lowest BCUT2D eigenvalue weighted by molar-refractivity contribution is 0.358. The molecule has 0 aliphatic rings. The Bertz CT molecular complexity index is 889. The maximum atomic E-state index is 5.69. The van der Waals surface area contributed by atoms with Crippen LogP contribution in [0.4, 0.5) is 0 Å². The number of benzene rings is 2. The fraction of sp³-hybridized carbons (Fsp3) is 0.238. The van der Waals surface area contributed by atoms with E-state index in [0.29, 0.717) is 13.2 Å². The third kappa shape index (κ3) is 5.98. The Labute approximate surface area is 182 Å². The second kappa shape index (κ2) is 11.3. The van der Waals surface area contributed by atoms with Crippen molar-refractivity contribution in [3.63, 3.8) is 0 Å². The Balaban J connectivity index is 0.00000280. The molecule has 0 fully saturated rings. The lowest BCUT2D eigenvalue weighted by Gasteiger charge is -2.14. The third-order valence-corrected chi connectivity index (χ3v) is 4.09. The Morgan fingerprint density at radius 2 is 1.96 bits per heavy atom. The van der Waals surface area contributed by atoms with Crippen molar-refractivity contribution in [3.8, 4) is 5.75 Å². The summed E-state index contributed by atoms with van der Waals surface area (Å²) in [4.78, 5) is 12.2. The van der Waals surface area contributed by atoms with Gasteiger partial charge in [0.05, 0.1) is 11.0 Å². The molecule has 0 atom stereocenters. The molecule has 0 saturated carbocycles. The molecule has 0 amide bonds. The molecule has 3 aromatic rings. The van der Waals surface area contributed by atoms with Crippen molar-refractivity contribution in [2.45, 2.75) is 13.0 Å². The van der Waals surface area contributed by atoms with Crippen molar-refractivity contribution < 1.29 is 4.74 Å². The Hall–Kier alpha value is -2.55. The Morgan fingerprint density at radius 1 is 1.18 bits per heavy atom. The highest BCUT2D eigenvalue weighted by molar-refractivity contribution is 14.0. The number of H-pyrrole nitrogens is 1. The molecule has 0 aliphatic heterocycles. The lowest BCUT2D eigenvalue weighted by Crippen LogP contribution is -2.38. The molecule has 7 heteroatoms. The number of aromatic amines is 1. The zero-order valence-electron chi connectivity index (χ0n) is 15.9. The van der Waals surface area contributed by atoms with Crippen LogP contribution in [0.15, 0.2) is 66.2 Å². The normalized spacial score (nSPS) is 11.0. The summed E-state index contributed by atoms with van der Waals surface area (Å²) < 4.78 is 5.69. The van der Waals surface area contributed by atoms with Gasteiger partial charge in [-0.1, -0.05) is 43.0 Å². The van der Waals surface area contributed by atoms with E-state index in [9.17, 15) is 0 Å². The van der Waals surface area contributed by atoms with Gasteiger partial charge in [-0.25, -0.2) is 4.98 Å². The summed E-state index contributed by atoms with van der Waals surface area (Å²) in [7, 11) is 1.76. The summed E-state index contributed by atoms with van der Waals surface area (Å²) in [5.74, 6) is 2.55. The minimum Gasteiger partial charge on any atom is -0.489 e. The Kier molecular flexibility index (Phi) is 8.80. The van der Waals surface area contributed by atoms with Gasteiger partial charge in [0.2, 0.25) is 0 Å². The van der Waals surface area contributed by atoms with Crippen LogP contribution in [0.5, 0.6) is 5.75 Å². The number of imidazole rings is 1. The van der Waals surface area contributed by atoms with Crippen LogP contribution in [0.25, 0.3) is 11.0 Å². The van der Waals surface area contributed by atoms with Crippen LogP contribution in [0.3, 0.4) is 0 Å². The molecule has 3 N–H and O–H groups in total. The van der Waals surface area contributed by atoms with E-state index in [2.05, 4.69) is 32.2 Å². The molecule has 0 saturated heterocycles. The van der Waals surface area contributed by atoms with E-state index in [1.807, 2.05) is 48.5 Å². The molecule has 0 unspecified atom stereocenters. The molecule has 0 aliphatic carbocycles. The van der Waals surface area contributed by atoms with Crippen molar-refractivity contribution in [2.24, 2.45) is 4.99 Å². The highest BCUT2D eigenvalue weighted by Gasteiger charge is 2.05. The van der Waals surface area contributed by atoms with Gasteiger partial charge >= 0.3 is 0 Å². The van der Waals surface area contributed by atoms with Crippen LogP contribution in [-0.4, -0.2) is 36.1 Å². The minimum absolute atomic E-state index is 0. The number of aliphatic imine (C=N–C) groups is 1. The first-order valence-electron chi connectivity index (χ1n) is 9.00. The molecule has 148 valence electrons. The molecule has 0 bridgehead atoms. The molecule has 1 aromatic heterocycles. The fourth-order valence-electron chi connectivity index (χ4n) is 2.76. The fourth-order valence-corrected chi connectivity index (χ4v) is 2.76. The van der Waals surface area contributed by atoms with Gasteiger partial charge in [-0.05, 0) is 18.2 Å². The number of para-hydroxylation sites is 3. The zero-order valence-corrected chi connectivity index (χ0v) is 18.3. The van der Waals surface area contributed by atoms with Crippen molar-refractivity contribution in [3.05, 3.63) is 72.6 Å². The number of hydrogen-bond donors (Lipinski definition) is 3. The molecule has 1 heterocycles. The van der Waals surface area contributed by atoms with Crippen molar-refractivity contribution in [1.29, 1.82) is 0 Å². The molecular formula is C21H26IN5O. The predicted molar refractivity (Wildman–Crippen MR) is 126 cm³/mol. The van der Waals surface area contributed by atoms with Crippen molar-refractivity contribution in [1.82, 2.24) is 20.6 Å². The molecule has 6 nitrogen and oxygen atoms in total. The monoisotopic (exact) mass is 491 g/mol. The highest BCUT2D eigenvalue weighted by Crippen LogP contribution is 2.17. The maximum absolute atomic E-state index is 5.69. The summed E-state index contributed by atoms with van der Waals surface area (Å²) in [5, 5.41) is 6.63. The van der Waals surface area contributed by atoms with E-state index < -0.39 is 0 Å². The lowest BCUT2D eigenvalue weighted by atomic mass is 10.2. The van der Waals surface area contributed by atoms with E-state index in [0.717, 1.165) is 47.1 Å². The summed E-state index contributed by atoms with van der Waals surface area (Å²) in [6, 6.07) is 16.0. The number of ether oxygens (including phenoxy) is 1. The summed E-state index contributed by atoms with van der Waals surface area (Å²) in [6.07, 6.45) is 2.52. The number of fused-ring (bicyclic) bond motifs is 1. The van der Waals surface area contributed by atoms with E-state index in [4.69, 9.17) is 4.74 Å². The molecule has 3 rings (SSSR count). The number of rotatable bonds is 8. The molecule has 2 aromatic carbocycles. The van der Waals surface area contributed by atoms with E-state index in [-0.39, 0.29) is 24.0 Å². The average molecular weight is 491 g/mol. The quantitative estimate of drug-likeness (QED) is 0.195. The number of halogens is 1. The smallest absolute Gasteiger partial charge is 0.191 e. The summed E-state index contributed by atoms with van der Waals surface area (Å²) in [5.41, 5.74) is 3.12. The minimum atomic E-state index is 0. The number of aromatic nitrogens is 2.